The van der Waals surface area contributed by atoms with Crippen LogP contribution in [0, 0.1) is 0 Å². The smallest absolute Gasteiger partial charge is 0.255 e. The highest BCUT2D eigenvalue weighted by Gasteiger charge is 2.35. The lowest BCUT2D eigenvalue weighted by Crippen LogP contribution is -2.14. The summed E-state index contributed by atoms with van der Waals surface area (Å²) in [6, 6.07) is 10.5. The summed E-state index contributed by atoms with van der Waals surface area (Å²) >= 11 is 0. The van der Waals surface area contributed by atoms with E-state index >= 15 is 0 Å². The maximum absolute atomic E-state index is 12.8. The zero-order chi connectivity index (χ0) is 22.2. The van der Waals surface area contributed by atoms with Crippen LogP contribution in [0.4, 0.5) is 13.2 Å². The summed E-state index contributed by atoms with van der Waals surface area (Å²) in [5, 5.41) is 10.0. The summed E-state index contributed by atoms with van der Waals surface area (Å²) in [6.45, 7) is 6.09. The SMILES string of the molecule is CC(C)(C)c1ncn(-c2cccc(Cc3cccc(-c4n[nH]c(C(F)(F)F)n4)n3)n2)n1. The fraction of sp³-hybridized carbons (Fsp3) is 0.300. The van der Waals surface area contributed by atoms with E-state index in [2.05, 4.69) is 30.1 Å². The van der Waals surface area contributed by atoms with Gasteiger partial charge in [0.1, 0.15) is 12.0 Å². The molecule has 0 atom stereocenters. The lowest BCUT2D eigenvalue weighted by Gasteiger charge is -2.12. The van der Waals surface area contributed by atoms with Crippen molar-refractivity contribution in [2.75, 3.05) is 0 Å². The second-order valence-corrected chi connectivity index (χ2v) is 7.95. The molecule has 0 bridgehead atoms. The van der Waals surface area contributed by atoms with Crippen molar-refractivity contribution in [3.05, 3.63) is 65.8 Å². The van der Waals surface area contributed by atoms with Crippen LogP contribution in [0.2, 0.25) is 0 Å². The van der Waals surface area contributed by atoms with Gasteiger partial charge in [-0.1, -0.05) is 32.9 Å². The topological polar surface area (TPSA) is 98.1 Å². The van der Waals surface area contributed by atoms with Crippen LogP contribution in [0.1, 0.15) is 43.8 Å². The Hall–Kier alpha value is -3.63. The van der Waals surface area contributed by atoms with Crippen LogP contribution < -0.4 is 0 Å². The van der Waals surface area contributed by atoms with E-state index in [0.717, 1.165) is 5.69 Å². The lowest BCUT2D eigenvalue weighted by molar-refractivity contribution is -0.144. The number of nitrogens with one attached hydrogen (secondary N) is 1. The third-order valence-corrected chi connectivity index (χ3v) is 4.34. The standard InChI is InChI=1S/C20H19F3N8/c1-19(2,3)17-24-11-31(30-17)15-9-5-7-13(26-15)10-12-6-4-8-14(25-12)16-27-18(29-28-16)20(21,22)23/h4-9,11H,10H2,1-3H3,(H,27,28,29). The van der Waals surface area contributed by atoms with E-state index in [-0.39, 0.29) is 16.9 Å². The molecule has 0 aliphatic heterocycles. The number of hydrogen-bond acceptors (Lipinski definition) is 6. The van der Waals surface area contributed by atoms with E-state index in [1.165, 1.54) is 0 Å². The van der Waals surface area contributed by atoms with Crippen molar-refractivity contribution in [2.24, 2.45) is 0 Å². The Morgan fingerprint density at radius 2 is 1.65 bits per heavy atom. The lowest BCUT2D eigenvalue weighted by atomic mass is 9.96. The molecule has 0 unspecified atom stereocenters. The minimum absolute atomic E-state index is 0.117. The van der Waals surface area contributed by atoms with Crippen molar-refractivity contribution in [1.82, 2.24) is 39.9 Å². The Bertz CT molecular complexity index is 1110. The maximum atomic E-state index is 12.8. The van der Waals surface area contributed by atoms with Gasteiger partial charge >= 0.3 is 6.18 Å². The van der Waals surface area contributed by atoms with Gasteiger partial charge in [-0.15, -0.1) is 5.10 Å². The average Bonchev–Trinajstić information content (AvgIpc) is 3.38. The Morgan fingerprint density at radius 3 is 2.29 bits per heavy atom. The normalized spacial score (nSPS) is 12.3. The molecular weight excluding hydrogens is 409 g/mol. The third-order valence-electron chi connectivity index (χ3n) is 4.34. The number of rotatable bonds is 4. The first-order chi connectivity index (χ1) is 14.6. The number of halogens is 3. The molecule has 0 aliphatic rings. The van der Waals surface area contributed by atoms with Crippen LogP contribution in [-0.2, 0) is 18.0 Å². The molecule has 4 rings (SSSR count). The van der Waals surface area contributed by atoms with Crippen molar-refractivity contribution < 1.29 is 13.2 Å². The van der Waals surface area contributed by atoms with Crippen molar-refractivity contribution in [2.45, 2.75) is 38.8 Å². The molecule has 4 aromatic rings. The third kappa shape index (κ3) is 4.60. The molecule has 1 N–H and O–H groups in total. The second kappa shape index (κ2) is 7.56. The number of pyridine rings is 2. The molecule has 0 spiro atoms. The first-order valence-electron chi connectivity index (χ1n) is 9.44. The summed E-state index contributed by atoms with van der Waals surface area (Å²) in [4.78, 5) is 16.8. The molecule has 0 amide bonds. The molecule has 0 saturated carbocycles. The van der Waals surface area contributed by atoms with Gasteiger partial charge in [0.25, 0.3) is 0 Å². The Labute approximate surface area is 175 Å². The van der Waals surface area contributed by atoms with Gasteiger partial charge in [-0.2, -0.15) is 18.3 Å². The number of alkyl halides is 3. The zero-order valence-electron chi connectivity index (χ0n) is 17.0. The first kappa shape index (κ1) is 20.6. The minimum Gasteiger partial charge on any atom is -0.255 e. The van der Waals surface area contributed by atoms with Gasteiger partial charge in [-0.3, -0.25) is 5.10 Å². The van der Waals surface area contributed by atoms with E-state index in [1.54, 1.807) is 29.2 Å². The summed E-state index contributed by atoms with van der Waals surface area (Å²) in [5.74, 6) is 0.0407. The monoisotopic (exact) mass is 428 g/mol. The van der Waals surface area contributed by atoms with Crippen molar-refractivity contribution in [3.63, 3.8) is 0 Å². The second-order valence-electron chi connectivity index (χ2n) is 7.95. The molecular formula is C20H19F3N8. The van der Waals surface area contributed by atoms with E-state index in [1.807, 2.05) is 44.1 Å². The van der Waals surface area contributed by atoms with Crippen LogP contribution >= 0.6 is 0 Å². The van der Waals surface area contributed by atoms with Crippen LogP contribution in [0.3, 0.4) is 0 Å². The van der Waals surface area contributed by atoms with E-state index in [0.29, 0.717) is 23.8 Å². The predicted octanol–water partition coefficient (Wildman–Crippen LogP) is 3.75. The number of hydrogen-bond donors (Lipinski definition) is 1. The molecule has 8 nitrogen and oxygen atoms in total. The summed E-state index contributed by atoms with van der Waals surface area (Å²) in [7, 11) is 0. The highest BCUT2D eigenvalue weighted by Crippen LogP contribution is 2.27. The molecule has 0 radical (unpaired) electrons. The molecule has 31 heavy (non-hydrogen) atoms. The van der Waals surface area contributed by atoms with Crippen LogP contribution in [0.15, 0.2) is 42.7 Å². The van der Waals surface area contributed by atoms with E-state index in [9.17, 15) is 13.2 Å². The molecule has 11 heteroatoms. The van der Waals surface area contributed by atoms with E-state index in [4.69, 9.17) is 0 Å². The number of H-pyrrole nitrogens is 1. The molecule has 0 aromatic carbocycles. The fourth-order valence-corrected chi connectivity index (χ4v) is 2.80. The first-order valence-corrected chi connectivity index (χ1v) is 9.44. The quantitative estimate of drug-likeness (QED) is 0.532. The fourth-order valence-electron chi connectivity index (χ4n) is 2.80. The van der Waals surface area contributed by atoms with Crippen molar-refractivity contribution >= 4 is 0 Å². The Morgan fingerprint density at radius 1 is 0.935 bits per heavy atom. The Balaban J connectivity index is 1.56. The van der Waals surface area contributed by atoms with Crippen LogP contribution in [-0.4, -0.2) is 39.9 Å². The molecule has 0 saturated heterocycles. The van der Waals surface area contributed by atoms with Gasteiger partial charge in [0.2, 0.25) is 5.82 Å². The van der Waals surface area contributed by atoms with Gasteiger partial charge in [-0.25, -0.2) is 24.6 Å². The average molecular weight is 428 g/mol. The minimum atomic E-state index is -4.60. The number of aromatic amines is 1. The molecule has 4 aromatic heterocycles. The van der Waals surface area contributed by atoms with Gasteiger partial charge < -0.3 is 0 Å². The number of aromatic nitrogens is 8. The van der Waals surface area contributed by atoms with Gasteiger partial charge in [0.15, 0.2) is 17.5 Å². The van der Waals surface area contributed by atoms with Gasteiger partial charge in [0.05, 0.1) is 0 Å². The molecule has 0 fully saturated rings. The molecule has 160 valence electrons. The summed E-state index contributed by atoms with van der Waals surface area (Å²) in [5.41, 5.74) is 1.40. The maximum Gasteiger partial charge on any atom is 0.451 e. The number of nitrogens with zero attached hydrogens (tertiary/aromatic N) is 7. The molecule has 0 aliphatic carbocycles. The zero-order valence-corrected chi connectivity index (χ0v) is 17.0. The summed E-state index contributed by atoms with van der Waals surface area (Å²) in [6.07, 6.45) is -2.60. The molecule has 4 heterocycles. The summed E-state index contributed by atoms with van der Waals surface area (Å²) < 4.78 is 39.9. The van der Waals surface area contributed by atoms with Gasteiger partial charge in [-0.05, 0) is 24.3 Å². The van der Waals surface area contributed by atoms with E-state index < -0.39 is 12.0 Å². The van der Waals surface area contributed by atoms with Crippen molar-refractivity contribution in [1.29, 1.82) is 0 Å². The van der Waals surface area contributed by atoms with Gasteiger partial charge in [0, 0.05) is 23.2 Å². The van der Waals surface area contributed by atoms with Crippen molar-refractivity contribution in [3.8, 4) is 17.3 Å². The van der Waals surface area contributed by atoms with Crippen LogP contribution in [0.25, 0.3) is 17.3 Å². The highest BCUT2D eigenvalue weighted by molar-refractivity contribution is 5.49. The Kier molecular flexibility index (Phi) is 5.03. The largest absolute Gasteiger partial charge is 0.451 e. The predicted molar refractivity (Wildman–Crippen MR) is 105 cm³/mol. The highest BCUT2D eigenvalue weighted by atomic mass is 19.4. The van der Waals surface area contributed by atoms with Crippen LogP contribution in [0.5, 0.6) is 0 Å².